The van der Waals surface area contributed by atoms with E-state index in [4.69, 9.17) is 4.74 Å². The fourth-order valence-electron chi connectivity index (χ4n) is 2.72. The summed E-state index contributed by atoms with van der Waals surface area (Å²) in [7, 11) is 0. The van der Waals surface area contributed by atoms with Gasteiger partial charge in [-0.2, -0.15) is 0 Å². The van der Waals surface area contributed by atoms with Crippen LogP contribution in [-0.2, 0) is 4.74 Å². The number of likely N-dealkylation sites (tertiary alicyclic amines) is 1. The summed E-state index contributed by atoms with van der Waals surface area (Å²) in [5.41, 5.74) is -0.432. The van der Waals surface area contributed by atoms with E-state index in [1.165, 1.54) is 0 Å². The van der Waals surface area contributed by atoms with Crippen molar-refractivity contribution in [1.82, 2.24) is 25.5 Å². The number of piperidine rings is 1. The zero-order chi connectivity index (χ0) is 12.9. The van der Waals surface area contributed by atoms with Gasteiger partial charge in [-0.05, 0) is 43.0 Å². The van der Waals surface area contributed by atoms with Crippen molar-refractivity contribution in [2.45, 2.75) is 32.3 Å². The molecule has 2 aliphatic rings. The first-order valence-electron chi connectivity index (χ1n) is 6.17. The summed E-state index contributed by atoms with van der Waals surface area (Å²) < 4.78 is 5.36. The first-order valence-corrected chi connectivity index (χ1v) is 6.17. The van der Waals surface area contributed by atoms with Crippen LogP contribution in [0.3, 0.4) is 0 Å². The van der Waals surface area contributed by atoms with Crippen molar-refractivity contribution < 1.29 is 9.53 Å². The van der Waals surface area contributed by atoms with Gasteiger partial charge < -0.3 is 9.64 Å². The van der Waals surface area contributed by atoms with E-state index < -0.39 is 5.60 Å². The SMILES string of the molecule is CC(C)(C)OC(=O)N1C[C@@H]2C(c3nnn[nH]3)[C@@H]2C1. The third kappa shape index (κ3) is 1.93. The summed E-state index contributed by atoms with van der Waals surface area (Å²) in [5, 5.41) is 13.9. The van der Waals surface area contributed by atoms with E-state index in [2.05, 4.69) is 20.6 Å². The van der Waals surface area contributed by atoms with E-state index in [9.17, 15) is 4.79 Å². The number of carbonyl (C=O) groups excluding carboxylic acids is 1. The zero-order valence-electron chi connectivity index (χ0n) is 10.8. The molecule has 2 heterocycles. The van der Waals surface area contributed by atoms with Gasteiger partial charge in [0.25, 0.3) is 0 Å². The third-order valence-electron chi connectivity index (χ3n) is 3.52. The molecular formula is C11H17N5O2. The molecule has 1 aliphatic carbocycles. The van der Waals surface area contributed by atoms with E-state index in [-0.39, 0.29) is 6.09 Å². The summed E-state index contributed by atoms with van der Waals surface area (Å²) in [5.74, 6) is 2.19. The fraction of sp³-hybridized carbons (Fsp3) is 0.818. The number of rotatable bonds is 1. The quantitative estimate of drug-likeness (QED) is 0.797. The van der Waals surface area contributed by atoms with Crippen LogP contribution in [0.5, 0.6) is 0 Å². The van der Waals surface area contributed by atoms with Crippen LogP contribution in [0.1, 0.15) is 32.5 Å². The molecule has 0 bridgehead atoms. The molecule has 1 aromatic rings. The van der Waals surface area contributed by atoms with E-state index in [1.807, 2.05) is 20.8 Å². The van der Waals surface area contributed by atoms with Crippen molar-refractivity contribution in [1.29, 1.82) is 0 Å². The standard InChI is InChI=1S/C11H17N5O2/c1-11(2,3)18-10(17)16-4-6-7(5-16)8(6)9-12-14-15-13-9/h6-8H,4-5H2,1-3H3,(H,12,13,14,15)/t6-,7+,8?. The largest absolute Gasteiger partial charge is 0.444 e. The van der Waals surface area contributed by atoms with Gasteiger partial charge in [0.15, 0.2) is 5.82 Å². The maximum absolute atomic E-state index is 11.9. The summed E-state index contributed by atoms with van der Waals surface area (Å²) in [4.78, 5) is 13.7. The fourth-order valence-corrected chi connectivity index (χ4v) is 2.72. The summed E-state index contributed by atoms with van der Waals surface area (Å²) in [6.45, 7) is 7.12. The van der Waals surface area contributed by atoms with Gasteiger partial charge >= 0.3 is 6.09 Å². The molecule has 1 aliphatic heterocycles. The van der Waals surface area contributed by atoms with E-state index >= 15 is 0 Å². The monoisotopic (exact) mass is 251 g/mol. The highest BCUT2D eigenvalue weighted by molar-refractivity contribution is 5.69. The van der Waals surface area contributed by atoms with Crippen molar-refractivity contribution in [2.24, 2.45) is 11.8 Å². The molecule has 1 saturated heterocycles. The first kappa shape index (κ1) is 11.4. The van der Waals surface area contributed by atoms with Crippen molar-refractivity contribution >= 4 is 6.09 Å². The van der Waals surface area contributed by atoms with Crippen LogP contribution in [0, 0.1) is 11.8 Å². The Kier molecular flexibility index (Phi) is 2.33. The summed E-state index contributed by atoms with van der Waals surface area (Å²) in [6, 6.07) is 0. The molecule has 98 valence electrons. The summed E-state index contributed by atoms with van der Waals surface area (Å²) >= 11 is 0. The first-order chi connectivity index (χ1) is 8.46. The predicted molar refractivity (Wildman–Crippen MR) is 61.7 cm³/mol. The Morgan fingerprint density at radius 3 is 2.56 bits per heavy atom. The van der Waals surface area contributed by atoms with Gasteiger partial charge in [-0.1, -0.05) is 0 Å². The molecule has 3 atom stereocenters. The number of hydrogen-bond acceptors (Lipinski definition) is 5. The van der Waals surface area contributed by atoms with Gasteiger partial charge in [-0.3, -0.25) is 0 Å². The van der Waals surface area contributed by atoms with Gasteiger partial charge in [0.2, 0.25) is 0 Å². The third-order valence-corrected chi connectivity index (χ3v) is 3.52. The van der Waals surface area contributed by atoms with Gasteiger partial charge in [-0.15, -0.1) is 5.10 Å². The van der Waals surface area contributed by atoms with Crippen LogP contribution in [0.2, 0.25) is 0 Å². The lowest BCUT2D eigenvalue weighted by atomic mass is 10.2. The molecule has 1 unspecified atom stereocenters. The Hall–Kier alpha value is -1.66. The molecule has 1 N–H and O–H groups in total. The second-order valence-electron chi connectivity index (χ2n) is 6.03. The number of carbonyl (C=O) groups is 1. The number of aromatic amines is 1. The average Bonchev–Trinajstić information content (AvgIpc) is 2.76. The number of ether oxygens (including phenoxy) is 1. The molecule has 2 fully saturated rings. The Labute approximate surface area is 105 Å². The maximum atomic E-state index is 11.9. The Bertz CT molecular complexity index is 440. The summed E-state index contributed by atoms with van der Waals surface area (Å²) in [6.07, 6.45) is -0.218. The second kappa shape index (κ2) is 3.66. The van der Waals surface area contributed by atoms with Crippen LogP contribution in [0.15, 0.2) is 0 Å². The molecule has 1 saturated carbocycles. The highest BCUT2D eigenvalue weighted by atomic mass is 16.6. The van der Waals surface area contributed by atoms with Gasteiger partial charge in [0.05, 0.1) is 0 Å². The molecule has 1 aromatic heterocycles. The molecule has 7 nitrogen and oxygen atoms in total. The smallest absolute Gasteiger partial charge is 0.410 e. The molecule has 3 rings (SSSR count). The molecule has 0 spiro atoms. The highest BCUT2D eigenvalue weighted by Gasteiger charge is 2.59. The van der Waals surface area contributed by atoms with E-state index in [0.717, 1.165) is 18.9 Å². The maximum Gasteiger partial charge on any atom is 0.410 e. The van der Waals surface area contributed by atoms with Gasteiger partial charge in [0, 0.05) is 19.0 Å². The van der Waals surface area contributed by atoms with Crippen molar-refractivity contribution in [3.63, 3.8) is 0 Å². The Morgan fingerprint density at radius 2 is 2.06 bits per heavy atom. The highest BCUT2D eigenvalue weighted by Crippen LogP contribution is 2.57. The van der Waals surface area contributed by atoms with Crippen molar-refractivity contribution in [2.75, 3.05) is 13.1 Å². The minimum Gasteiger partial charge on any atom is -0.444 e. The van der Waals surface area contributed by atoms with E-state index in [0.29, 0.717) is 17.8 Å². The van der Waals surface area contributed by atoms with Crippen molar-refractivity contribution in [3.05, 3.63) is 5.82 Å². The predicted octanol–water partition coefficient (Wildman–Crippen LogP) is 0.780. The lowest BCUT2D eigenvalue weighted by Crippen LogP contribution is -2.36. The topological polar surface area (TPSA) is 84.0 Å². The van der Waals surface area contributed by atoms with Crippen LogP contribution < -0.4 is 0 Å². The number of aromatic nitrogens is 4. The Morgan fingerprint density at radius 1 is 1.39 bits per heavy atom. The molecule has 0 aromatic carbocycles. The molecule has 18 heavy (non-hydrogen) atoms. The number of nitrogens with zero attached hydrogens (tertiary/aromatic N) is 4. The molecule has 7 heteroatoms. The number of amides is 1. The lowest BCUT2D eigenvalue weighted by molar-refractivity contribution is 0.0270. The van der Waals surface area contributed by atoms with Gasteiger partial charge in [0.1, 0.15) is 5.60 Å². The van der Waals surface area contributed by atoms with Crippen LogP contribution in [0.4, 0.5) is 4.79 Å². The Balaban J connectivity index is 1.56. The number of hydrogen-bond donors (Lipinski definition) is 1. The van der Waals surface area contributed by atoms with E-state index in [1.54, 1.807) is 4.90 Å². The number of fused-ring (bicyclic) bond motifs is 1. The molecule has 1 amide bonds. The van der Waals surface area contributed by atoms with Gasteiger partial charge in [-0.25, -0.2) is 9.89 Å². The zero-order valence-corrected chi connectivity index (χ0v) is 10.8. The normalized spacial score (nSPS) is 30.2. The number of H-pyrrole nitrogens is 1. The average molecular weight is 251 g/mol. The van der Waals surface area contributed by atoms with Crippen molar-refractivity contribution in [3.8, 4) is 0 Å². The minimum absolute atomic E-state index is 0.218. The lowest BCUT2D eigenvalue weighted by Gasteiger charge is -2.25. The molecule has 0 radical (unpaired) electrons. The number of nitrogens with one attached hydrogen (secondary N) is 1. The molecular weight excluding hydrogens is 234 g/mol. The van der Waals surface area contributed by atoms with Crippen LogP contribution >= 0.6 is 0 Å². The van der Waals surface area contributed by atoms with Crippen LogP contribution in [-0.4, -0.2) is 50.3 Å². The minimum atomic E-state index is -0.432. The second-order valence-corrected chi connectivity index (χ2v) is 6.03. The van der Waals surface area contributed by atoms with Crippen LogP contribution in [0.25, 0.3) is 0 Å². The number of tetrazole rings is 1.